The predicted molar refractivity (Wildman–Crippen MR) is 99.7 cm³/mol. The molecule has 2 rings (SSSR count). The fraction of sp³-hybridized carbons (Fsp3) is 0.278. The van der Waals surface area contributed by atoms with E-state index in [-0.39, 0.29) is 17.0 Å². The third kappa shape index (κ3) is 5.53. The summed E-state index contributed by atoms with van der Waals surface area (Å²) in [6.07, 6.45) is 0. The summed E-state index contributed by atoms with van der Waals surface area (Å²) >= 11 is 5.02. The van der Waals surface area contributed by atoms with Crippen LogP contribution in [0.3, 0.4) is 0 Å². The van der Waals surface area contributed by atoms with Crippen molar-refractivity contribution in [1.82, 2.24) is 5.32 Å². The van der Waals surface area contributed by atoms with Crippen molar-refractivity contribution in [3.63, 3.8) is 0 Å². The molecule has 0 saturated carbocycles. The number of hydrogen-bond donors (Lipinski definition) is 1. The lowest BCUT2D eigenvalue weighted by Crippen LogP contribution is -2.30. The monoisotopic (exact) mass is 411 g/mol. The zero-order valence-corrected chi connectivity index (χ0v) is 15.9. The van der Waals surface area contributed by atoms with E-state index in [0.717, 1.165) is 27.1 Å². The van der Waals surface area contributed by atoms with Gasteiger partial charge in [0.05, 0.1) is 16.8 Å². The average molecular weight is 412 g/mol. The van der Waals surface area contributed by atoms with Crippen molar-refractivity contribution in [3.8, 4) is 5.75 Å². The van der Waals surface area contributed by atoms with Crippen LogP contribution in [-0.2, 0) is 17.1 Å². The summed E-state index contributed by atoms with van der Waals surface area (Å²) in [6, 6.07) is 12.0. The van der Waals surface area contributed by atoms with E-state index in [1.54, 1.807) is 31.0 Å². The van der Waals surface area contributed by atoms with E-state index >= 15 is 0 Å². The molecule has 0 radical (unpaired) electrons. The maximum Gasteiger partial charge on any atom is 0.233 e. The van der Waals surface area contributed by atoms with Crippen LogP contribution in [0.2, 0.25) is 0 Å². The van der Waals surface area contributed by atoms with Gasteiger partial charge in [-0.2, -0.15) is 0 Å². The first kappa shape index (κ1) is 18.8. The molecule has 3 nitrogen and oxygen atoms in total. The molecule has 0 heterocycles. The van der Waals surface area contributed by atoms with Crippen molar-refractivity contribution in [2.75, 3.05) is 7.11 Å². The lowest BCUT2D eigenvalue weighted by atomic mass is 10.2. The normalized spacial score (nSPS) is 11.8. The number of carbonyl (C=O) groups is 1. The first-order chi connectivity index (χ1) is 11.5. The Kier molecular flexibility index (Phi) is 7.12. The molecule has 2 aromatic carbocycles. The first-order valence-electron chi connectivity index (χ1n) is 7.45. The van der Waals surface area contributed by atoms with Gasteiger partial charge in [0, 0.05) is 12.3 Å². The molecule has 0 aliphatic heterocycles. The minimum absolute atomic E-state index is 0.0306. The molecule has 1 amide bonds. The van der Waals surface area contributed by atoms with E-state index in [2.05, 4.69) is 21.2 Å². The Bertz CT molecular complexity index is 694. The van der Waals surface area contributed by atoms with Crippen LogP contribution in [0.5, 0.6) is 5.75 Å². The lowest BCUT2D eigenvalue weighted by molar-refractivity contribution is -0.120. The van der Waals surface area contributed by atoms with Crippen LogP contribution in [-0.4, -0.2) is 18.3 Å². The van der Waals surface area contributed by atoms with Crippen LogP contribution in [0.25, 0.3) is 0 Å². The number of benzene rings is 2. The quantitative estimate of drug-likeness (QED) is 0.726. The smallest absolute Gasteiger partial charge is 0.233 e. The van der Waals surface area contributed by atoms with E-state index in [0.29, 0.717) is 6.54 Å². The second-order valence-electron chi connectivity index (χ2n) is 5.27. The van der Waals surface area contributed by atoms with Gasteiger partial charge in [0.25, 0.3) is 0 Å². The van der Waals surface area contributed by atoms with Gasteiger partial charge in [-0.3, -0.25) is 4.79 Å². The topological polar surface area (TPSA) is 38.3 Å². The van der Waals surface area contributed by atoms with Gasteiger partial charge >= 0.3 is 0 Å². The highest BCUT2D eigenvalue weighted by atomic mass is 79.9. The fourth-order valence-corrected chi connectivity index (χ4v) is 3.48. The van der Waals surface area contributed by atoms with E-state index in [9.17, 15) is 9.18 Å². The second-order valence-corrected chi connectivity index (χ2v) is 7.45. The number of hydrogen-bond acceptors (Lipinski definition) is 3. The summed E-state index contributed by atoms with van der Waals surface area (Å²) in [7, 11) is 1.63. The summed E-state index contributed by atoms with van der Waals surface area (Å²) in [5, 5.41) is 2.70. The summed E-state index contributed by atoms with van der Waals surface area (Å²) in [6.45, 7) is 2.28. The highest BCUT2D eigenvalue weighted by Crippen LogP contribution is 2.28. The third-order valence-electron chi connectivity index (χ3n) is 3.47. The summed E-state index contributed by atoms with van der Waals surface area (Å²) < 4.78 is 19.0. The van der Waals surface area contributed by atoms with Gasteiger partial charge < -0.3 is 10.1 Å². The average Bonchev–Trinajstić information content (AvgIpc) is 2.59. The predicted octanol–water partition coefficient (Wildman–Crippen LogP) is 4.53. The molecule has 6 heteroatoms. The maximum atomic E-state index is 12.8. The minimum Gasteiger partial charge on any atom is -0.496 e. The Balaban J connectivity index is 1.81. The standard InChI is InChI=1S/C18H19BrFNO2S/c1-12(18(22)21-10-13-3-6-15(20)7-4-13)24-11-14-5-8-17(23-2)16(19)9-14/h3-9,12H,10-11H2,1-2H3,(H,21,22). The molecule has 2 aromatic rings. The van der Waals surface area contributed by atoms with Gasteiger partial charge in [-0.05, 0) is 58.2 Å². The van der Waals surface area contributed by atoms with Crippen LogP contribution in [0.15, 0.2) is 46.9 Å². The molecule has 0 aliphatic rings. The second kappa shape index (κ2) is 9.08. The molecule has 0 bridgehead atoms. The lowest BCUT2D eigenvalue weighted by Gasteiger charge is -2.13. The molecule has 1 N–H and O–H groups in total. The van der Waals surface area contributed by atoms with Crippen molar-refractivity contribution in [3.05, 3.63) is 63.9 Å². The molecule has 0 aromatic heterocycles. The molecule has 0 fully saturated rings. The third-order valence-corrected chi connectivity index (χ3v) is 5.30. The van der Waals surface area contributed by atoms with Crippen molar-refractivity contribution < 1.29 is 13.9 Å². The molecule has 0 aliphatic carbocycles. The Morgan fingerprint density at radius 3 is 2.54 bits per heavy atom. The molecule has 0 saturated heterocycles. The molecular weight excluding hydrogens is 393 g/mol. The molecule has 1 atom stereocenters. The molecule has 1 unspecified atom stereocenters. The van der Waals surface area contributed by atoms with Crippen LogP contribution in [0.4, 0.5) is 4.39 Å². The number of nitrogens with one attached hydrogen (secondary N) is 1. The van der Waals surface area contributed by atoms with Gasteiger partial charge in [-0.25, -0.2) is 4.39 Å². The van der Waals surface area contributed by atoms with Crippen molar-refractivity contribution in [1.29, 1.82) is 0 Å². The van der Waals surface area contributed by atoms with E-state index in [1.807, 2.05) is 25.1 Å². The number of halogens is 2. The van der Waals surface area contributed by atoms with E-state index in [1.165, 1.54) is 12.1 Å². The Hall–Kier alpha value is -1.53. The van der Waals surface area contributed by atoms with Crippen molar-refractivity contribution >= 4 is 33.6 Å². The maximum absolute atomic E-state index is 12.8. The van der Waals surface area contributed by atoms with Gasteiger partial charge in [0.15, 0.2) is 0 Å². The van der Waals surface area contributed by atoms with Crippen molar-refractivity contribution in [2.45, 2.75) is 24.5 Å². The highest BCUT2D eigenvalue weighted by molar-refractivity contribution is 9.10. The molecular formula is C18H19BrFNO2S. The number of amides is 1. The molecule has 0 spiro atoms. The first-order valence-corrected chi connectivity index (χ1v) is 9.30. The number of thioether (sulfide) groups is 1. The number of methoxy groups -OCH3 is 1. The number of ether oxygens (including phenoxy) is 1. The Morgan fingerprint density at radius 2 is 1.92 bits per heavy atom. The Labute approximate surface area is 154 Å². The minimum atomic E-state index is -0.278. The van der Waals surface area contributed by atoms with E-state index in [4.69, 9.17) is 4.74 Å². The van der Waals surface area contributed by atoms with E-state index < -0.39 is 0 Å². The summed E-state index contributed by atoms with van der Waals surface area (Å²) in [4.78, 5) is 12.1. The fourth-order valence-electron chi connectivity index (χ4n) is 2.03. The SMILES string of the molecule is COc1ccc(CSC(C)C(=O)NCc2ccc(F)cc2)cc1Br. The summed E-state index contributed by atoms with van der Waals surface area (Å²) in [5.41, 5.74) is 1.99. The van der Waals surface area contributed by atoms with Crippen molar-refractivity contribution in [2.24, 2.45) is 0 Å². The summed E-state index contributed by atoms with van der Waals surface area (Å²) in [5.74, 6) is 1.21. The van der Waals surface area contributed by atoms with Gasteiger partial charge in [-0.15, -0.1) is 11.8 Å². The highest BCUT2D eigenvalue weighted by Gasteiger charge is 2.13. The van der Waals surface area contributed by atoms with Crippen LogP contribution in [0.1, 0.15) is 18.1 Å². The van der Waals surface area contributed by atoms with Crippen LogP contribution < -0.4 is 10.1 Å². The zero-order valence-electron chi connectivity index (χ0n) is 13.5. The van der Waals surface area contributed by atoms with Gasteiger partial charge in [-0.1, -0.05) is 18.2 Å². The number of carbonyl (C=O) groups excluding carboxylic acids is 1. The molecule has 24 heavy (non-hydrogen) atoms. The largest absolute Gasteiger partial charge is 0.496 e. The van der Waals surface area contributed by atoms with Gasteiger partial charge in [0.1, 0.15) is 11.6 Å². The Morgan fingerprint density at radius 1 is 1.25 bits per heavy atom. The zero-order chi connectivity index (χ0) is 17.5. The van der Waals surface area contributed by atoms with Crippen LogP contribution in [0, 0.1) is 5.82 Å². The molecule has 128 valence electrons. The van der Waals surface area contributed by atoms with Crippen LogP contribution >= 0.6 is 27.7 Å². The van der Waals surface area contributed by atoms with Gasteiger partial charge in [0.2, 0.25) is 5.91 Å². The number of rotatable bonds is 7.